The summed E-state index contributed by atoms with van der Waals surface area (Å²) in [5, 5.41) is 2.46. The number of alkyl halides is 1. The zero-order valence-corrected chi connectivity index (χ0v) is 21.5. The van der Waals surface area contributed by atoms with Crippen molar-refractivity contribution in [3.63, 3.8) is 0 Å². The van der Waals surface area contributed by atoms with Gasteiger partial charge in [0, 0.05) is 42.5 Å². The summed E-state index contributed by atoms with van der Waals surface area (Å²) >= 11 is 6.04. The molecule has 7 nitrogen and oxygen atoms in total. The van der Waals surface area contributed by atoms with Gasteiger partial charge in [0.05, 0.1) is 12.1 Å². The molecule has 1 heterocycles. The third kappa shape index (κ3) is 5.91. The number of hydrogen-bond acceptors (Lipinski definition) is 5. The first-order valence-electron chi connectivity index (χ1n) is 11.9. The van der Waals surface area contributed by atoms with Gasteiger partial charge in [0.25, 0.3) is 0 Å². The Labute approximate surface area is 219 Å². The van der Waals surface area contributed by atoms with Gasteiger partial charge >= 0.3 is 0 Å². The van der Waals surface area contributed by atoms with Gasteiger partial charge in [-0.05, 0) is 71.6 Å². The maximum absolute atomic E-state index is 12.8. The smallest absolute Gasteiger partial charge is 0.249 e. The van der Waals surface area contributed by atoms with Crippen LogP contribution in [0.25, 0.3) is 22.1 Å². The van der Waals surface area contributed by atoms with E-state index in [4.69, 9.17) is 27.5 Å². The Morgan fingerprint density at radius 1 is 1.14 bits per heavy atom. The molecular weight excluding hydrogens is 493 g/mol. The van der Waals surface area contributed by atoms with Gasteiger partial charge in [-0.15, -0.1) is 0 Å². The topological polar surface area (TPSA) is 111 Å². The van der Waals surface area contributed by atoms with Gasteiger partial charge in [-0.2, -0.15) is 0 Å². The molecule has 192 valence electrons. The van der Waals surface area contributed by atoms with Gasteiger partial charge in [0.15, 0.2) is 5.76 Å². The number of aromatic nitrogens is 1. The average molecular weight is 522 g/mol. The summed E-state index contributed by atoms with van der Waals surface area (Å²) in [7, 11) is 3.94. The van der Waals surface area contributed by atoms with Crippen LogP contribution in [0.2, 0.25) is 5.02 Å². The molecule has 0 fully saturated rings. The molecule has 4 rings (SSSR count). The third-order valence-corrected chi connectivity index (χ3v) is 6.48. The van der Waals surface area contributed by atoms with Gasteiger partial charge in [-0.1, -0.05) is 23.7 Å². The van der Waals surface area contributed by atoms with Crippen LogP contribution in [0.3, 0.4) is 0 Å². The van der Waals surface area contributed by atoms with Crippen molar-refractivity contribution in [2.75, 3.05) is 32.2 Å². The van der Waals surface area contributed by atoms with E-state index in [0.717, 1.165) is 27.6 Å². The summed E-state index contributed by atoms with van der Waals surface area (Å²) in [6, 6.07) is 16.9. The first-order valence-corrected chi connectivity index (χ1v) is 12.3. The quantitative estimate of drug-likeness (QED) is 0.161. The van der Waals surface area contributed by atoms with Gasteiger partial charge in [-0.3, -0.25) is 9.79 Å². The van der Waals surface area contributed by atoms with E-state index in [0.29, 0.717) is 41.6 Å². The molecule has 0 aliphatic rings. The highest BCUT2D eigenvalue weighted by molar-refractivity contribution is 6.30. The minimum atomic E-state index is -0.795. The van der Waals surface area contributed by atoms with E-state index in [2.05, 4.69) is 16.0 Å². The second kappa shape index (κ2) is 11.4. The fourth-order valence-electron chi connectivity index (χ4n) is 4.36. The van der Waals surface area contributed by atoms with Crippen molar-refractivity contribution in [2.45, 2.75) is 18.8 Å². The molecule has 0 saturated heterocycles. The number of oxazole rings is 1. The van der Waals surface area contributed by atoms with Crippen molar-refractivity contribution in [3.8, 4) is 11.3 Å². The molecule has 0 spiro atoms. The number of primary amides is 1. The number of rotatable bonds is 10. The summed E-state index contributed by atoms with van der Waals surface area (Å²) in [6.45, 7) is -0.463. The third-order valence-electron chi connectivity index (χ3n) is 6.23. The van der Waals surface area contributed by atoms with Crippen LogP contribution in [0.5, 0.6) is 0 Å². The number of nitrogens with two attached hydrogens (primary N) is 2. The van der Waals surface area contributed by atoms with Gasteiger partial charge < -0.3 is 20.8 Å². The lowest BCUT2D eigenvalue weighted by molar-refractivity contribution is 0.0999. The van der Waals surface area contributed by atoms with Crippen LogP contribution in [-0.4, -0.2) is 44.0 Å². The van der Waals surface area contributed by atoms with Gasteiger partial charge in [0.2, 0.25) is 11.8 Å². The molecule has 0 aliphatic carbocycles. The number of fused-ring (bicyclic) bond motifs is 1. The lowest BCUT2D eigenvalue weighted by Gasteiger charge is -2.21. The Bertz CT molecular complexity index is 1430. The Morgan fingerprint density at radius 3 is 2.57 bits per heavy atom. The molecule has 4 N–H and O–H groups in total. The molecule has 0 radical (unpaired) electrons. The maximum atomic E-state index is 12.8. The highest BCUT2D eigenvalue weighted by Gasteiger charge is 2.27. The normalized spacial score (nSPS) is 12.6. The summed E-state index contributed by atoms with van der Waals surface area (Å²) in [5.74, 6) is 0.0325. The van der Waals surface area contributed by atoms with Crippen LogP contribution in [0, 0.1) is 0 Å². The second-order valence-corrected chi connectivity index (χ2v) is 9.40. The molecule has 0 aliphatic heterocycles. The monoisotopic (exact) mass is 521 g/mol. The molecule has 1 atom stereocenters. The minimum absolute atomic E-state index is 0.0445. The molecule has 1 unspecified atom stereocenters. The summed E-state index contributed by atoms with van der Waals surface area (Å²) in [4.78, 5) is 23.2. The molecule has 37 heavy (non-hydrogen) atoms. The standard InChI is InChI=1S/C28H29ClFN5O2/c1-35(2)20-10-12-21-18(14-20)7-11-22(27(32)36)26(21)23(4-3-13-33-25(31)15-30)28-34-16-24(37-28)17-5-8-19(29)9-6-17/h5-12,14,16,23H,3-4,13,15H2,1-2H3,(H2,31,33)(H2,32,36). The molecule has 0 saturated carbocycles. The zero-order valence-electron chi connectivity index (χ0n) is 20.7. The number of nitrogens with zero attached hydrogens (tertiary/aromatic N) is 3. The number of hydrogen-bond donors (Lipinski definition) is 2. The molecule has 0 bridgehead atoms. The van der Waals surface area contributed by atoms with Crippen molar-refractivity contribution >= 4 is 39.8 Å². The van der Waals surface area contributed by atoms with Crippen LogP contribution in [0.1, 0.15) is 40.6 Å². The molecule has 3 aromatic carbocycles. The molecule has 1 amide bonds. The predicted molar refractivity (Wildman–Crippen MR) is 147 cm³/mol. The molecule has 9 heteroatoms. The number of benzene rings is 3. The second-order valence-electron chi connectivity index (χ2n) is 8.96. The van der Waals surface area contributed by atoms with Crippen LogP contribution in [-0.2, 0) is 0 Å². The largest absolute Gasteiger partial charge is 0.440 e. The lowest BCUT2D eigenvalue weighted by atomic mass is 9.85. The van der Waals surface area contributed by atoms with Gasteiger partial charge in [-0.25, -0.2) is 9.37 Å². The number of carbonyl (C=O) groups is 1. The number of amidine groups is 1. The van der Waals surface area contributed by atoms with Crippen molar-refractivity contribution in [2.24, 2.45) is 16.5 Å². The first kappa shape index (κ1) is 26.2. The van der Waals surface area contributed by atoms with E-state index in [1.807, 2.05) is 49.3 Å². The van der Waals surface area contributed by atoms with Crippen molar-refractivity contribution < 1.29 is 13.6 Å². The van der Waals surface area contributed by atoms with Crippen LogP contribution in [0.4, 0.5) is 10.1 Å². The van der Waals surface area contributed by atoms with E-state index in [1.165, 1.54) is 0 Å². The zero-order chi connectivity index (χ0) is 26.5. The Balaban J connectivity index is 1.83. The van der Waals surface area contributed by atoms with Crippen molar-refractivity contribution in [3.05, 3.63) is 82.8 Å². The van der Waals surface area contributed by atoms with E-state index >= 15 is 0 Å². The van der Waals surface area contributed by atoms with Crippen molar-refractivity contribution in [1.29, 1.82) is 0 Å². The van der Waals surface area contributed by atoms with E-state index < -0.39 is 18.5 Å². The molecule has 4 aromatic rings. The van der Waals surface area contributed by atoms with Gasteiger partial charge in [0.1, 0.15) is 12.5 Å². The summed E-state index contributed by atoms with van der Waals surface area (Å²) in [5.41, 5.74) is 14.4. The number of halogens is 2. The first-order chi connectivity index (χ1) is 17.8. The van der Waals surface area contributed by atoms with Crippen LogP contribution in [0.15, 0.2) is 70.2 Å². The van der Waals surface area contributed by atoms with E-state index in [1.54, 1.807) is 24.4 Å². The molecule has 1 aromatic heterocycles. The molecular formula is C28H29ClFN5O2. The highest BCUT2D eigenvalue weighted by atomic mass is 35.5. The number of anilines is 1. The van der Waals surface area contributed by atoms with E-state index in [-0.39, 0.29) is 5.84 Å². The number of amides is 1. The summed E-state index contributed by atoms with van der Waals surface area (Å²) in [6.07, 6.45) is 2.75. The minimum Gasteiger partial charge on any atom is -0.440 e. The fourth-order valence-corrected chi connectivity index (χ4v) is 4.48. The van der Waals surface area contributed by atoms with E-state index in [9.17, 15) is 9.18 Å². The van der Waals surface area contributed by atoms with Crippen LogP contribution >= 0.6 is 11.6 Å². The summed E-state index contributed by atoms with van der Waals surface area (Å²) < 4.78 is 19.0. The number of aliphatic imine (C=N–C) groups is 1. The average Bonchev–Trinajstić information content (AvgIpc) is 3.38. The van der Waals surface area contributed by atoms with Crippen molar-refractivity contribution in [1.82, 2.24) is 4.98 Å². The SMILES string of the molecule is CN(C)c1ccc2c(C(CCCN=C(N)CF)c3ncc(-c4ccc(Cl)cc4)o3)c(C(N)=O)ccc2c1. The Kier molecular flexibility index (Phi) is 8.08. The lowest BCUT2D eigenvalue weighted by Crippen LogP contribution is -2.17. The number of carbonyl (C=O) groups excluding carboxylic acids is 1. The van der Waals surface area contributed by atoms with Crippen LogP contribution < -0.4 is 16.4 Å². The fraction of sp³-hybridized carbons (Fsp3) is 0.250. The Morgan fingerprint density at radius 2 is 1.89 bits per heavy atom. The predicted octanol–water partition coefficient (Wildman–Crippen LogP) is 5.55. The highest BCUT2D eigenvalue weighted by Crippen LogP contribution is 2.38. The maximum Gasteiger partial charge on any atom is 0.249 e. The Hall–Kier alpha value is -3.91.